The highest BCUT2D eigenvalue weighted by molar-refractivity contribution is 5.77. The van der Waals surface area contributed by atoms with Gasteiger partial charge < -0.3 is 20.4 Å². The second-order valence-corrected chi connectivity index (χ2v) is 6.49. The lowest BCUT2D eigenvalue weighted by Crippen LogP contribution is -2.40. The van der Waals surface area contributed by atoms with E-state index in [4.69, 9.17) is 5.11 Å². The van der Waals surface area contributed by atoms with Crippen LogP contribution in [-0.2, 0) is 17.6 Å². The Morgan fingerprint density at radius 2 is 2.20 bits per heavy atom. The number of carboxylic acids is 1. The van der Waals surface area contributed by atoms with Crippen molar-refractivity contribution in [3.05, 3.63) is 23.4 Å². The maximum atomic E-state index is 12.2. The van der Waals surface area contributed by atoms with Gasteiger partial charge in [-0.15, -0.1) is 0 Å². The van der Waals surface area contributed by atoms with Crippen molar-refractivity contribution in [1.29, 1.82) is 0 Å². The number of carboxylic acid groups (broad SMARTS) is 1. The third-order valence-electron chi connectivity index (χ3n) is 4.66. The smallest absolute Gasteiger partial charge is 0.322 e. The molecule has 25 heavy (non-hydrogen) atoms. The van der Waals surface area contributed by atoms with Crippen molar-refractivity contribution >= 4 is 17.8 Å². The fourth-order valence-electron chi connectivity index (χ4n) is 3.31. The van der Waals surface area contributed by atoms with E-state index in [1.807, 2.05) is 6.07 Å². The summed E-state index contributed by atoms with van der Waals surface area (Å²) in [6.45, 7) is 2.39. The summed E-state index contributed by atoms with van der Waals surface area (Å²) in [7, 11) is 0. The average molecular weight is 348 g/mol. The Kier molecular flexibility index (Phi) is 5.37. The number of carbonyl (C=O) groups is 2. The van der Waals surface area contributed by atoms with E-state index in [-0.39, 0.29) is 6.03 Å². The molecule has 3 heterocycles. The molecular weight excluding hydrogens is 324 g/mol. The summed E-state index contributed by atoms with van der Waals surface area (Å²) in [6.07, 6.45) is 2.04. The largest absolute Gasteiger partial charge is 0.481 e. The number of aromatic nitrogens is 1. The van der Waals surface area contributed by atoms with Crippen LogP contribution in [0.1, 0.15) is 30.5 Å². The molecule has 3 rings (SSSR count). The highest BCUT2D eigenvalue weighted by atomic mass is 16.4. The number of nitrogens with one attached hydrogen (secondary N) is 1. The van der Waals surface area contributed by atoms with Gasteiger partial charge in [-0.05, 0) is 37.3 Å². The van der Waals surface area contributed by atoms with Crippen molar-refractivity contribution in [2.45, 2.75) is 38.3 Å². The van der Waals surface area contributed by atoms with Gasteiger partial charge in [0.2, 0.25) is 0 Å². The normalized spacial score (nSPS) is 18.0. The van der Waals surface area contributed by atoms with Gasteiger partial charge in [-0.25, -0.2) is 9.78 Å². The van der Waals surface area contributed by atoms with Crippen molar-refractivity contribution in [3.63, 3.8) is 0 Å². The minimum atomic E-state index is -1.26. The molecule has 0 radical (unpaired) electrons. The molecule has 2 amide bonds. The van der Waals surface area contributed by atoms with Gasteiger partial charge in [-0.2, -0.15) is 0 Å². The fraction of sp³-hybridized carbons (Fsp3) is 0.588. The second-order valence-electron chi connectivity index (χ2n) is 6.49. The van der Waals surface area contributed by atoms with Gasteiger partial charge in [0, 0.05) is 31.9 Å². The first kappa shape index (κ1) is 17.5. The van der Waals surface area contributed by atoms with Gasteiger partial charge >= 0.3 is 12.0 Å². The molecule has 0 saturated carbocycles. The van der Waals surface area contributed by atoms with Crippen LogP contribution in [0.5, 0.6) is 0 Å². The van der Waals surface area contributed by atoms with E-state index in [1.165, 1.54) is 10.5 Å². The third-order valence-corrected chi connectivity index (χ3v) is 4.66. The molecule has 0 spiro atoms. The topological polar surface area (TPSA) is 106 Å². The molecule has 0 unspecified atom stereocenters. The molecule has 0 aliphatic carbocycles. The van der Waals surface area contributed by atoms with Crippen molar-refractivity contribution in [2.75, 3.05) is 31.5 Å². The number of fused-ring (bicyclic) bond motifs is 1. The minimum absolute atomic E-state index is 0.297. The average Bonchev–Trinajstić information content (AvgIpc) is 2.95. The maximum absolute atomic E-state index is 12.2. The Labute approximate surface area is 146 Å². The van der Waals surface area contributed by atoms with E-state index in [2.05, 4.69) is 16.4 Å². The summed E-state index contributed by atoms with van der Waals surface area (Å²) in [5, 5.41) is 21.8. The van der Waals surface area contributed by atoms with Crippen LogP contribution < -0.4 is 5.32 Å². The first-order valence-corrected chi connectivity index (χ1v) is 8.72. The standard InChI is InChI=1S/C17H24N4O4/c22-14(11-15(23)24)21-10-9-20(17(21)25)8-2-4-13-6-5-12-3-1-7-18-16(12)19-13/h5-6,14,22H,1-4,7-11H2,(H,18,19)(H,23,24)/t14-/m1/s1. The monoisotopic (exact) mass is 348 g/mol. The van der Waals surface area contributed by atoms with Crippen LogP contribution >= 0.6 is 0 Å². The number of aryl methyl sites for hydroxylation is 2. The fourth-order valence-corrected chi connectivity index (χ4v) is 3.31. The van der Waals surface area contributed by atoms with Gasteiger partial charge in [0.05, 0.1) is 6.42 Å². The molecule has 1 aromatic rings. The first-order valence-electron chi connectivity index (χ1n) is 8.72. The number of rotatable bonds is 7. The zero-order valence-electron chi connectivity index (χ0n) is 14.1. The zero-order valence-corrected chi connectivity index (χ0v) is 14.1. The predicted octanol–water partition coefficient (Wildman–Crippen LogP) is 0.903. The van der Waals surface area contributed by atoms with Crippen LogP contribution in [0.25, 0.3) is 0 Å². The molecule has 1 fully saturated rings. The minimum Gasteiger partial charge on any atom is -0.481 e. The molecule has 8 heteroatoms. The van der Waals surface area contributed by atoms with Gasteiger partial charge in [-0.1, -0.05) is 6.07 Å². The molecule has 1 atom stereocenters. The van der Waals surface area contributed by atoms with Crippen LogP contribution in [0.2, 0.25) is 0 Å². The summed E-state index contributed by atoms with van der Waals surface area (Å²) in [6, 6.07) is 3.86. The predicted molar refractivity (Wildman–Crippen MR) is 91.3 cm³/mol. The molecule has 1 aromatic heterocycles. The summed E-state index contributed by atoms with van der Waals surface area (Å²) in [5.74, 6) is -0.144. The van der Waals surface area contributed by atoms with Crippen molar-refractivity contribution in [3.8, 4) is 0 Å². The van der Waals surface area contributed by atoms with Crippen molar-refractivity contribution < 1.29 is 19.8 Å². The number of carbonyl (C=O) groups excluding carboxylic acids is 1. The summed E-state index contributed by atoms with van der Waals surface area (Å²) in [4.78, 5) is 30.4. The summed E-state index contributed by atoms with van der Waals surface area (Å²) < 4.78 is 0. The van der Waals surface area contributed by atoms with Crippen LogP contribution in [0.15, 0.2) is 12.1 Å². The Morgan fingerprint density at radius 1 is 1.36 bits per heavy atom. The summed E-state index contributed by atoms with van der Waals surface area (Å²) in [5.41, 5.74) is 2.26. The molecule has 2 aliphatic rings. The van der Waals surface area contributed by atoms with E-state index in [0.717, 1.165) is 43.7 Å². The number of aliphatic carboxylic acids is 1. The molecule has 2 aliphatic heterocycles. The SMILES string of the molecule is O=C(O)C[C@@H](O)N1CCN(CCCc2ccc3c(n2)NCCC3)C1=O. The number of pyridine rings is 1. The zero-order chi connectivity index (χ0) is 17.8. The van der Waals surface area contributed by atoms with E-state index < -0.39 is 18.6 Å². The van der Waals surface area contributed by atoms with Gasteiger partial charge in [0.15, 0.2) is 0 Å². The number of anilines is 1. The first-order chi connectivity index (χ1) is 12.0. The lowest BCUT2D eigenvalue weighted by atomic mass is 10.1. The second kappa shape index (κ2) is 7.69. The molecule has 0 bridgehead atoms. The van der Waals surface area contributed by atoms with Crippen LogP contribution in [0.3, 0.4) is 0 Å². The van der Waals surface area contributed by atoms with Gasteiger partial charge in [-0.3, -0.25) is 9.69 Å². The van der Waals surface area contributed by atoms with E-state index >= 15 is 0 Å². The highest BCUT2D eigenvalue weighted by Crippen LogP contribution is 2.20. The number of aliphatic hydroxyl groups excluding tert-OH is 1. The molecule has 0 aromatic carbocycles. The Balaban J connectivity index is 1.48. The Hall–Kier alpha value is -2.35. The third kappa shape index (κ3) is 4.19. The number of nitrogens with zero attached hydrogens (tertiary/aromatic N) is 3. The molecule has 3 N–H and O–H groups in total. The van der Waals surface area contributed by atoms with Gasteiger partial charge in [0.1, 0.15) is 12.0 Å². The Bertz CT molecular complexity index is 652. The lowest BCUT2D eigenvalue weighted by molar-refractivity contribution is -0.141. The van der Waals surface area contributed by atoms with Crippen LogP contribution in [0, 0.1) is 0 Å². The van der Waals surface area contributed by atoms with Crippen LogP contribution in [-0.4, -0.2) is 69.4 Å². The van der Waals surface area contributed by atoms with E-state index in [1.54, 1.807) is 4.90 Å². The number of hydrogen-bond donors (Lipinski definition) is 3. The van der Waals surface area contributed by atoms with Crippen LogP contribution in [0.4, 0.5) is 10.6 Å². The molecule has 136 valence electrons. The lowest BCUT2D eigenvalue weighted by Gasteiger charge is -2.22. The quantitative estimate of drug-likeness (QED) is 0.676. The van der Waals surface area contributed by atoms with E-state index in [0.29, 0.717) is 19.6 Å². The number of amides is 2. The van der Waals surface area contributed by atoms with Crippen molar-refractivity contribution in [1.82, 2.24) is 14.8 Å². The Morgan fingerprint density at radius 3 is 3.00 bits per heavy atom. The molecule has 8 nitrogen and oxygen atoms in total. The maximum Gasteiger partial charge on any atom is 0.322 e. The molecule has 1 saturated heterocycles. The van der Waals surface area contributed by atoms with E-state index in [9.17, 15) is 14.7 Å². The summed E-state index contributed by atoms with van der Waals surface area (Å²) >= 11 is 0. The molecular formula is C17H24N4O4. The highest BCUT2D eigenvalue weighted by Gasteiger charge is 2.33. The number of urea groups is 1. The number of hydrogen-bond acceptors (Lipinski definition) is 5. The van der Waals surface area contributed by atoms with Crippen molar-refractivity contribution in [2.24, 2.45) is 0 Å². The van der Waals surface area contributed by atoms with Gasteiger partial charge in [0.25, 0.3) is 0 Å². The number of aliphatic hydroxyl groups is 1.